The number of amides is 1. The smallest absolute Gasteiger partial charge is 0.274 e. The highest BCUT2D eigenvalue weighted by molar-refractivity contribution is 6.10. The summed E-state index contributed by atoms with van der Waals surface area (Å²) in [6.07, 6.45) is 5.71. The minimum atomic E-state index is -0.458. The number of pyridine rings is 1. The summed E-state index contributed by atoms with van der Waals surface area (Å²) in [6.45, 7) is 0.0557. The number of halogens is 1. The van der Waals surface area contributed by atoms with Crippen molar-refractivity contribution in [1.82, 2.24) is 20.1 Å². The number of rotatable bonds is 7. The molecule has 0 saturated carbocycles. The fourth-order valence-electron chi connectivity index (χ4n) is 2.87. The van der Waals surface area contributed by atoms with Gasteiger partial charge < -0.3 is 21.3 Å². The van der Waals surface area contributed by atoms with Crippen LogP contribution in [0, 0.1) is 5.82 Å². The van der Waals surface area contributed by atoms with Crippen molar-refractivity contribution >= 4 is 28.8 Å². The van der Waals surface area contributed by atoms with Gasteiger partial charge in [-0.1, -0.05) is 29.4 Å². The minimum Gasteiger partial charge on any atom is -0.396 e. The minimum absolute atomic E-state index is 0.0110. The second kappa shape index (κ2) is 10.1. The molecule has 10 nitrogen and oxygen atoms in total. The van der Waals surface area contributed by atoms with Gasteiger partial charge in [0.05, 0.1) is 24.2 Å². The summed E-state index contributed by atoms with van der Waals surface area (Å²) in [7, 11) is 0. The Morgan fingerprint density at radius 3 is 2.65 bits per heavy atom. The maximum Gasteiger partial charge on any atom is 0.274 e. The highest BCUT2D eigenvalue weighted by Gasteiger charge is 2.13. The number of anilines is 2. The molecule has 0 saturated heterocycles. The molecule has 3 aromatic heterocycles. The van der Waals surface area contributed by atoms with Crippen molar-refractivity contribution in [2.45, 2.75) is 6.54 Å². The predicted molar refractivity (Wildman–Crippen MR) is 124 cm³/mol. The zero-order chi connectivity index (χ0) is 23.9. The standard InChI is InChI=1S/C23H19FN8O2/c24-15-6-2-1-5-14(15)12-28-19(17-8-10-34-32-17)11-16(25)22-29-13-20(21(26)31-22)30-23(33)18-7-3-4-9-27-18/h1-11,13H,12,25H2,(H,30,33)(H2,26,29,31). The fourth-order valence-corrected chi connectivity index (χ4v) is 2.87. The summed E-state index contributed by atoms with van der Waals surface area (Å²) in [6, 6.07) is 12.9. The van der Waals surface area contributed by atoms with Gasteiger partial charge >= 0.3 is 0 Å². The normalized spacial score (nSPS) is 11.9. The summed E-state index contributed by atoms with van der Waals surface area (Å²) in [5, 5.41) is 6.48. The molecule has 0 radical (unpaired) electrons. The van der Waals surface area contributed by atoms with E-state index >= 15 is 0 Å². The van der Waals surface area contributed by atoms with E-state index < -0.39 is 5.91 Å². The van der Waals surface area contributed by atoms with Crippen LogP contribution in [-0.4, -0.2) is 31.7 Å². The zero-order valence-corrected chi connectivity index (χ0v) is 17.7. The van der Waals surface area contributed by atoms with Crippen LogP contribution in [0.3, 0.4) is 0 Å². The first-order valence-electron chi connectivity index (χ1n) is 10.0. The van der Waals surface area contributed by atoms with Crippen LogP contribution >= 0.6 is 0 Å². The fraction of sp³-hybridized carbons (Fsp3) is 0.0435. The number of hydrogen-bond donors (Lipinski definition) is 3. The monoisotopic (exact) mass is 458 g/mol. The third-order valence-electron chi connectivity index (χ3n) is 4.59. The zero-order valence-electron chi connectivity index (χ0n) is 17.7. The number of nitrogens with one attached hydrogen (secondary N) is 1. The van der Waals surface area contributed by atoms with E-state index in [-0.39, 0.29) is 41.1 Å². The highest BCUT2D eigenvalue weighted by atomic mass is 19.1. The van der Waals surface area contributed by atoms with Crippen molar-refractivity contribution in [2.75, 3.05) is 11.1 Å². The first-order valence-corrected chi connectivity index (χ1v) is 10.0. The predicted octanol–water partition coefficient (Wildman–Crippen LogP) is 2.82. The van der Waals surface area contributed by atoms with E-state index in [2.05, 4.69) is 30.4 Å². The van der Waals surface area contributed by atoms with E-state index in [1.165, 1.54) is 30.8 Å². The number of hydrogen-bond acceptors (Lipinski definition) is 9. The van der Waals surface area contributed by atoms with Gasteiger partial charge in [0.2, 0.25) is 0 Å². The summed E-state index contributed by atoms with van der Waals surface area (Å²) in [5.74, 6) is -0.713. The van der Waals surface area contributed by atoms with Crippen LogP contribution in [0.15, 0.2) is 82.8 Å². The number of aromatic nitrogens is 4. The molecule has 4 aromatic rings. The number of benzene rings is 1. The Kier molecular flexibility index (Phi) is 6.63. The summed E-state index contributed by atoms with van der Waals surface area (Å²) >= 11 is 0. The van der Waals surface area contributed by atoms with Gasteiger partial charge in [0.1, 0.15) is 29.2 Å². The molecule has 34 heavy (non-hydrogen) atoms. The molecule has 0 bridgehead atoms. The van der Waals surface area contributed by atoms with Gasteiger partial charge in [-0.05, 0) is 24.3 Å². The van der Waals surface area contributed by atoms with Crippen LogP contribution in [0.2, 0.25) is 0 Å². The summed E-state index contributed by atoms with van der Waals surface area (Å²) < 4.78 is 18.9. The van der Waals surface area contributed by atoms with E-state index in [4.69, 9.17) is 16.0 Å². The molecule has 5 N–H and O–H groups in total. The van der Waals surface area contributed by atoms with E-state index in [0.717, 1.165) is 0 Å². The van der Waals surface area contributed by atoms with Crippen molar-refractivity contribution in [3.8, 4) is 0 Å². The molecule has 170 valence electrons. The van der Waals surface area contributed by atoms with Crippen molar-refractivity contribution < 1.29 is 13.7 Å². The highest BCUT2D eigenvalue weighted by Crippen LogP contribution is 2.18. The molecule has 0 aliphatic rings. The number of nitrogens with zero attached hydrogens (tertiary/aromatic N) is 5. The number of carbonyl (C=O) groups is 1. The lowest BCUT2D eigenvalue weighted by Crippen LogP contribution is -2.16. The van der Waals surface area contributed by atoms with Crippen LogP contribution in [0.25, 0.3) is 5.70 Å². The molecule has 0 aliphatic carbocycles. The third kappa shape index (κ3) is 5.27. The van der Waals surface area contributed by atoms with Crippen LogP contribution in [-0.2, 0) is 6.54 Å². The van der Waals surface area contributed by atoms with E-state index in [9.17, 15) is 9.18 Å². The first-order chi connectivity index (χ1) is 16.5. The topological polar surface area (TPSA) is 158 Å². The third-order valence-corrected chi connectivity index (χ3v) is 4.59. The number of allylic oxidation sites excluding steroid dienone is 1. The first kappa shape index (κ1) is 22.3. The molecule has 0 unspecified atom stereocenters. The molecule has 0 aliphatic heterocycles. The molecule has 3 heterocycles. The Morgan fingerprint density at radius 1 is 1.12 bits per heavy atom. The quantitative estimate of drug-likeness (QED) is 0.357. The van der Waals surface area contributed by atoms with Crippen LogP contribution < -0.4 is 16.8 Å². The van der Waals surface area contributed by atoms with Crippen molar-refractivity contribution in [3.63, 3.8) is 0 Å². The summed E-state index contributed by atoms with van der Waals surface area (Å²) in [4.78, 5) is 29.0. The average molecular weight is 458 g/mol. The number of nitrogen functional groups attached to an aromatic ring is 1. The van der Waals surface area contributed by atoms with Gasteiger partial charge in [-0.3, -0.25) is 14.8 Å². The Hall–Kier alpha value is -4.93. The van der Waals surface area contributed by atoms with Crippen molar-refractivity contribution in [2.24, 2.45) is 10.7 Å². The molecule has 4 rings (SSSR count). The van der Waals surface area contributed by atoms with E-state index in [1.807, 2.05) is 0 Å². The van der Waals surface area contributed by atoms with E-state index in [0.29, 0.717) is 17.0 Å². The van der Waals surface area contributed by atoms with Crippen molar-refractivity contribution in [1.29, 1.82) is 0 Å². The molecule has 1 aromatic carbocycles. The Labute approximate surface area is 193 Å². The number of carbonyl (C=O) groups excluding carboxylic acids is 1. The SMILES string of the molecule is NC(=CC(=NCc1ccccc1F)c1ccon1)c1ncc(NC(=O)c2ccccn2)c(N)n1. The maximum atomic E-state index is 14.0. The second-order valence-electron chi connectivity index (χ2n) is 6.94. The number of aliphatic imine (C=N–C) groups is 1. The Morgan fingerprint density at radius 2 is 1.94 bits per heavy atom. The second-order valence-corrected chi connectivity index (χ2v) is 6.94. The van der Waals surface area contributed by atoms with Gasteiger partial charge in [-0.2, -0.15) is 0 Å². The Balaban J connectivity index is 1.57. The van der Waals surface area contributed by atoms with Gasteiger partial charge in [0.25, 0.3) is 5.91 Å². The molecular formula is C23H19FN8O2. The maximum absolute atomic E-state index is 14.0. The summed E-state index contributed by atoms with van der Waals surface area (Å²) in [5.41, 5.74) is 13.9. The molecular weight excluding hydrogens is 439 g/mol. The van der Waals surface area contributed by atoms with Gasteiger partial charge in [-0.15, -0.1) is 0 Å². The van der Waals surface area contributed by atoms with Crippen LogP contribution in [0.1, 0.15) is 27.6 Å². The lowest BCUT2D eigenvalue weighted by atomic mass is 10.2. The van der Waals surface area contributed by atoms with Gasteiger partial charge in [-0.25, -0.2) is 14.4 Å². The van der Waals surface area contributed by atoms with Crippen LogP contribution in [0.4, 0.5) is 15.9 Å². The lowest BCUT2D eigenvalue weighted by molar-refractivity contribution is 0.102. The van der Waals surface area contributed by atoms with Gasteiger partial charge in [0.15, 0.2) is 11.6 Å². The van der Waals surface area contributed by atoms with Crippen molar-refractivity contribution in [3.05, 3.63) is 102 Å². The Bertz CT molecular complexity index is 1350. The molecule has 0 fully saturated rings. The number of nitrogens with two attached hydrogens (primary N) is 2. The average Bonchev–Trinajstić information content (AvgIpc) is 3.39. The molecule has 0 atom stereocenters. The van der Waals surface area contributed by atoms with E-state index in [1.54, 1.807) is 42.5 Å². The largest absolute Gasteiger partial charge is 0.396 e. The lowest BCUT2D eigenvalue weighted by Gasteiger charge is -2.09. The van der Waals surface area contributed by atoms with Gasteiger partial charge in [0, 0.05) is 17.8 Å². The van der Waals surface area contributed by atoms with Crippen LogP contribution in [0.5, 0.6) is 0 Å². The molecule has 1 amide bonds. The molecule has 11 heteroatoms. The molecule has 0 spiro atoms.